The van der Waals surface area contributed by atoms with Crippen molar-refractivity contribution in [1.29, 1.82) is 0 Å². The highest BCUT2D eigenvalue weighted by molar-refractivity contribution is 5.87. The van der Waals surface area contributed by atoms with E-state index in [1.54, 1.807) is 0 Å². The summed E-state index contributed by atoms with van der Waals surface area (Å²) in [5.41, 5.74) is 0.585. The van der Waals surface area contributed by atoms with Gasteiger partial charge in [0.2, 0.25) is 17.8 Å². The topological polar surface area (TPSA) is 155 Å². The monoisotopic (exact) mass is 552 g/mol. The maximum Gasteiger partial charge on any atom is 0.334 e. The van der Waals surface area contributed by atoms with Gasteiger partial charge in [-0.3, -0.25) is 14.7 Å². The second-order valence-corrected chi connectivity index (χ2v) is 8.13. The summed E-state index contributed by atoms with van der Waals surface area (Å²) in [7, 11) is 4.29. The Hall–Kier alpha value is -4.08. The molecule has 1 aromatic rings. The molecule has 0 bridgehead atoms. The number of anilines is 3. The fourth-order valence-electron chi connectivity index (χ4n) is 2.47. The molecule has 216 valence electrons. The van der Waals surface area contributed by atoms with Crippen molar-refractivity contribution in [2.24, 2.45) is 0 Å². The molecule has 0 fully saturated rings. The number of aromatic nitrogens is 3. The number of rotatable bonds is 18. The average molecular weight is 553 g/mol. The SMILES string of the molecule is C=C(C)C(=O)OCN(COC)c1nc(N(COC)COC(=O)C(=C)C)nc(N(COC)COC(=O)C(=C)C)n1. The summed E-state index contributed by atoms with van der Waals surface area (Å²) in [6.45, 7) is 14.0. The van der Waals surface area contributed by atoms with E-state index < -0.39 is 17.9 Å². The van der Waals surface area contributed by atoms with Gasteiger partial charge in [-0.25, -0.2) is 14.4 Å². The van der Waals surface area contributed by atoms with Gasteiger partial charge in [-0.15, -0.1) is 0 Å². The van der Waals surface area contributed by atoms with Crippen LogP contribution < -0.4 is 14.7 Å². The number of esters is 3. The molecule has 1 aromatic heterocycles. The van der Waals surface area contributed by atoms with Crippen LogP contribution in [0.4, 0.5) is 17.8 Å². The van der Waals surface area contributed by atoms with E-state index in [9.17, 15) is 14.4 Å². The first-order chi connectivity index (χ1) is 18.4. The molecular formula is C24H36N6O9. The van der Waals surface area contributed by atoms with E-state index in [0.29, 0.717) is 0 Å². The van der Waals surface area contributed by atoms with Crippen molar-refractivity contribution < 1.29 is 42.8 Å². The van der Waals surface area contributed by atoms with Gasteiger partial charge in [-0.2, -0.15) is 15.0 Å². The molecular weight excluding hydrogens is 516 g/mol. The van der Waals surface area contributed by atoms with Crippen molar-refractivity contribution in [2.75, 3.05) is 76.4 Å². The Morgan fingerprint density at radius 1 is 0.538 bits per heavy atom. The third-order valence-electron chi connectivity index (χ3n) is 4.40. The lowest BCUT2D eigenvalue weighted by Crippen LogP contribution is -2.37. The lowest BCUT2D eigenvalue weighted by molar-refractivity contribution is -0.140. The van der Waals surface area contributed by atoms with Gasteiger partial charge in [-0.1, -0.05) is 19.7 Å². The normalized spacial score (nSPS) is 10.3. The molecule has 0 aliphatic rings. The highest BCUT2D eigenvalue weighted by Crippen LogP contribution is 2.20. The van der Waals surface area contributed by atoms with E-state index >= 15 is 0 Å². The van der Waals surface area contributed by atoms with Crippen LogP contribution in [0.15, 0.2) is 36.5 Å². The molecule has 0 saturated heterocycles. The summed E-state index contributed by atoms with van der Waals surface area (Å²) in [4.78, 5) is 53.5. The van der Waals surface area contributed by atoms with Crippen LogP contribution in [0.1, 0.15) is 20.8 Å². The maximum atomic E-state index is 12.0. The van der Waals surface area contributed by atoms with Crippen LogP contribution >= 0.6 is 0 Å². The molecule has 0 unspecified atom stereocenters. The van der Waals surface area contributed by atoms with E-state index in [2.05, 4.69) is 34.7 Å². The molecule has 1 rings (SSSR count). The van der Waals surface area contributed by atoms with Gasteiger partial charge >= 0.3 is 17.9 Å². The molecule has 0 aliphatic heterocycles. The summed E-state index contributed by atoms with van der Waals surface area (Å²) >= 11 is 0. The molecule has 0 N–H and O–H groups in total. The van der Waals surface area contributed by atoms with Crippen LogP contribution in [0.25, 0.3) is 0 Å². The summed E-state index contributed by atoms with van der Waals surface area (Å²) in [5.74, 6) is -1.88. The smallest absolute Gasteiger partial charge is 0.334 e. The first-order valence-electron chi connectivity index (χ1n) is 11.4. The van der Waals surface area contributed by atoms with E-state index in [4.69, 9.17) is 28.4 Å². The molecule has 1 heterocycles. The largest absolute Gasteiger partial charge is 0.441 e. The second-order valence-electron chi connectivity index (χ2n) is 8.13. The molecule has 0 amide bonds. The predicted octanol–water partition coefficient (Wildman–Crippen LogP) is 1.33. The van der Waals surface area contributed by atoms with E-state index in [1.807, 2.05) is 0 Å². The van der Waals surface area contributed by atoms with E-state index in [1.165, 1.54) is 56.8 Å². The van der Waals surface area contributed by atoms with Crippen LogP contribution in [-0.2, 0) is 42.8 Å². The highest BCUT2D eigenvalue weighted by Gasteiger charge is 2.23. The van der Waals surface area contributed by atoms with Gasteiger partial charge in [0, 0.05) is 38.0 Å². The van der Waals surface area contributed by atoms with E-state index in [-0.39, 0.29) is 74.9 Å². The molecule has 0 aromatic carbocycles. The molecule has 0 saturated carbocycles. The van der Waals surface area contributed by atoms with Crippen molar-refractivity contribution in [1.82, 2.24) is 15.0 Å². The van der Waals surface area contributed by atoms with Gasteiger partial charge in [0.25, 0.3) is 0 Å². The number of methoxy groups -OCH3 is 3. The molecule has 15 nitrogen and oxygen atoms in total. The Bertz CT molecular complexity index is 908. The number of ether oxygens (including phenoxy) is 6. The Morgan fingerprint density at radius 2 is 0.769 bits per heavy atom. The van der Waals surface area contributed by atoms with Crippen LogP contribution in [0.5, 0.6) is 0 Å². The Labute approximate surface area is 227 Å². The zero-order valence-electron chi connectivity index (χ0n) is 23.2. The number of hydrogen-bond acceptors (Lipinski definition) is 15. The van der Waals surface area contributed by atoms with Crippen LogP contribution in [0, 0.1) is 0 Å². The van der Waals surface area contributed by atoms with Crippen LogP contribution in [0.3, 0.4) is 0 Å². The fourth-order valence-corrected chi connectivity index (χ4v) is 2.47. The molecule has 0 spiro atoms. The van der Waals surface area contributed by atoms with Gasteiger partial charge in [0.15, 0.2) is 20.2 Å². The van der Waals surface area contributed by atoms with Crippen molar-refractivity contribution in [3.05, 3.63) is 36.5 Å². The lowest BCUT2D eigenvalue weighted by Gasteiger charge is -2.27. The van der Waals surface area contributed by atoms with Gasteiger partial charge in [0.05, 0.1) is 0 Å². The minimum absolute atomic E-state index is 0.00558. The molecule has 39 heavy (non-hydrogen) atoms. The fraction of sp³-hybridized carbons (Fsp3) is 0.500. The van der Waals surface area contributed by atoms with Crippen LogP contribution in [0.2, 0.25) is 0 Å². The minimum atomic E-state index is -0.633. The third-order valence-corrected chi connectivity index (χ3v) is 4.40. The van der Waals surface area contributed by atoms with Crippen molar-refractivity contribution in [3.63, 3.8) is 0 Å². The van der Waals surface area contributed by atoms with Gasteiger partial charge < -0.3 is 28.4 Å². The minimum Gasteiger partial charge on any atom is -0.441 e. The summed E-state index contributed by atoms with van der Waals surface area (Å²) in [5, 5.41) is 0. The Kier molecular flexibility index (Phi) is 14.1. The second kappa shape index (κ2) is 16.7. The maximum absolute atomic E-state index is 12.0. The Morgan fingerprint density at radius 3 is 0.949 bits per heavy atom. The number of hydrogen-bond donors (Lipinski definition) is 0. The first-order valence-corrected chi connectivity index (χ1v) is 11.4. The lowest BCUT2D eigenvalue weighted by atomic mass is 10.4. The molecule has 0 atom stereocenters. The van der Waals surface area contributed by atoms with Crippen molar-refractivity contribution in [2.45, 2.75) is 20.8 Å². The average Bonchev–Trinajstić information content (AvgIpc) is 2.89. The van der Waals surface area contributed by atoms with E-state index in [0.717, 1.165) is 0 Å². The summed E-state index contributed by atoms with van der Waals surface area (Å²) in [6, 6.07) is 0. The molecule has 0 aliphatic carbocycles. The molecule has 15 heteroatoms. The number of carbonyl (C=O) groups excluding carboxylic acids is 3. The predicted molar refractivity (Wildman–Crippen MR) is 140 cm³/mol. The van der Waals surface area contributed by atoms with Crippen LogP contribution in [-0.4, -0.2) is 94.6 Å². The zero-order valence-corrected chi connectivity index (χ0v) is 23.2. The highest BCUT2D eigenvalue weighted by atomic mass is 16.6. The van der Waals surface area contributed by atoms with Crippen molar-refractivity contribution >= 4 is 35.8 Å². The Balaban J connectivity index is 3.57. The van der Waals surface area contributed by atoms with Crippen molar-refractivity contribution in [3.8, 4) is 0 Å². The van der Waals surface area contributed by atoms with Gasteiger partial charge in [-0.05, 0) is 20.8 Å². The zero-order chi connectivity index (χ0) is 29.5. The summed E-state index contributed by atoms with van der Waals surface area (Å²) < 4.78 is 31.5. The quantitative estimate of drug-likeness (QED) is 0.111. The number of nitrogens with zero attached hydrogens (tertiary/aromatic N) is 6. The third kappa shape index (κ3) is 11.1. The standard InChI is InChI=1S/C24H36N6O9/c1-16(2)19(31)37-13-28(10-34-7)22-25-23(29(11-35-8)14-38-20(32)17(3)4)27-24(26-22)30(12-36-9)15-39-21(33)18(5)6/h1,3,5,10-15H2,2,4,6-9H3. The van der Waals surface area contributed by atoms with Gasteiger partial charge in [0.1, 0.15) is 20.2 Å². The molecule has 0 radical (unpaired) electrons. The summed E-state index contributed by atoms with van der Waals surface area (Å²) in [6.07, 6.45) is 0. The first kappa shape index (κ1) is 32.9. The number of carbonyl (C=O) groups is 3.